The fourth-order valence-electron chi connectivity index (χ4n) is 3.01. The second-order valence-electron chi connectivity index (χ2n) is 5.36. The Balaban J connectivity index is 2.31. The molecule has 0 atom stereocenters. The smallest absolute Gasteiger partial charge is 0.142 e. The van der Waals surface area contributed by atoms with E-state index in [2.05, 4.69) is 27.0 Å². The van der Waals surface area contributed by atoms with Crippen molar-refractivity contribution in [2.75, 3.05) is 5.73 Å². The number of fused-ring (bicyclic) bond motifs is 1. The molecule has 1 aromatic carbocycles. The van der Waals surface area contributed by atoms with Gasteiger partial charge in [-0.25, -0.2) is 4.98 Å². The van der Waals surface area contributed by atoms with Gasteiger partial charge in [-0.15, -0.1) is 0 Å². The molecular weight excluding hydrogens is 326 g/mol. The molecule has 0 spiro atoms. The number of rotatable bonds is 1. The van der Waals surface area contributed by atoms with E-state index in [-0.39, 0.29) is 0 Å². The summed E-state index contributed by atoms with van der Waals surface area (Å²) in [6.07, 6.45) is 5.41. The number of nitrogens with two attached hydrogens (primary N) is 1. The molecule has 106 valence electrons. The molecule has 0 aliphatic heterocycles. The number of pyridine rings is 1. The van der Waals surface area contributed by atoms with E-state index in [0.29, 0.717) is 11.4 Å². The van der Waals surface area contributed by atoms with Crippen LogP contribution in [0.2, 0.25) is 0 Å². The average molecular weight is 342 g/mol. The van der Waals surface area contributed by atoms with E-state index in [9.17, 15) is 5.26 Å². The molecule has 1 aliphatic carbocycles. The van der Waals surface area contributed by atoms with Gasteiger partial charge < -0.3 is 5.73 Å². The van der Waals surface area contributed by atoms with Crippen molar-refractivity contribution >= 4 is 21.7 Å². The van der Waals surface area contributed by atoms with E-state index in [0.717, 1.165) is 47.0 Å². The second-order valence-corrected chi connectivity index (χ2v) is 6.27. The second kappa shape index (κ2) is 5.87. The normalized spacial score (nSPS) is 14.1. The molecular formula is C17H16BrN3. The van der Waals surface area contributed by atoms with Crippen molar-refractivity contribution in [3.8, 4) is 17.2 Å². The first-order valence-electron chi connectivity index (χ1n) is 7.18. The number of anilines is 1. The number of hydrogen-bond acceptors (Lipinski definition) is 3. The SMILES string of the molecule is N#Cc1c(N)nc2c(c1-c1cccc(Br)c1)CCCCC2. The molecule has 3 rings (SSSR count). The van der Waals surface area contributed by atoms with Crippen molar-refractivity contribution in [3.05, 3.63) is 45.6 Å². The van der Waals surface area contributed by atoms with Crippen LogP contribution < -0.4 is 5.73 Å². The zero-order valence-corrected chi connectivity index (χ0v) is 13.3. The fourth-order valence-corrected chi connectivity index (χ4v) is 3.41. The van der Waals surface area contributed by atoms with Gasteiger partial charge in [0, 0.05) is 15.7 Å². The Labute approximate surface area is 132 Å². The summed E-state index contributed by atoms with van der Waals surface area (Å²) in [7, 11) is 0. The van der Waals surface area contributed by atoms with E-state index >= 15 is 0 Å². The molecule has 0 fully saturated rings. The van der Waals surface area contributed by atoms with E-state index < -0.39 is 0 Å². The number of aryl methyl sites for hydroxylation is 1. The van der Waals surface area contributed by atoms with Crippen LogP contribution in [0.5, 0.6) is 0 Å². The highest BCUT2D eigenvalue weighted by atomic mass is 79.9. The number of aromatic nitrogens is 1. The highest BCUT2D eigenvalue weighted by molar-refractivity contribution is 9.10. The molecule has 0 unspecified atom stereocenters. The minimum Gasteiger partial charge on any atom is -0.383 e. The third kappa shape index (κ3) is 2.66. The molecule has 1 aromatic heterocycles. The Morgan fingerprint density at radius 1 is 1.19 bits per heavy atom. The Bertz CT molecular complexity index is 732. The number of nitriles is 1. The van der Waals surface area contributed by atoms with Gasteiger partial charge in [0.1, 0.15) is 17.5 Å². The lowest BCUT2D eigenvalue weighted by atomic mass is 9.92. The summed E-state index contributed by atoms with van der Waals surface area (Å²) >= 11 is 3.51. The minimum absolute atomic E-state index is 0.355. The van der Waals surface area contributed by atoms with Crippen LogP contribution >= 0.6 is 15.9 Å². The van der Waals surface area contributed by atoms with Crippen molar-refractivity contribution in [1.82, 2.24) is 4.98 Å². The maximum atomic E-state index is 9.52. The van der Waals surface area contributed by atoms with Gasteiger partial charge in [-0.05, 0) is 48.9 Å². The summed E-state index contributed by atoms with van der Waals surface area (Å²) in [6.45, 7) is 0. The highest BCUT2D eigenvalue weighted by Crippen LogP contribution is 2.36. The first-order valence-corrected chi connectivity index (χ1v) is 7.97. The van der Waals surface area contributed by atoms with Gasteiger partial charge in [0.2, 0.25) is 0 Å². The minimum atomic E-state index is 0.355. The fraction of sp³-hybridized carbons (Fsp3) is 0.294. The van der Waals surface area contributed by atoms with Crippen LogP contribution in [0, 0.1) is 11.3 Å². The maximum absolute atomic E-state index is 9.52. The van der Waals surface area contributed by atoms with Gasteiger partial charge in [0.25, 0.3) is 0 Å². The Kier molecular flexibility index (Phi) is 3.94. The zero-order valence-electron chi connectivity index (χ0n) is 11.7. The molecule has 0 saturated heterocycles. The number of halogens is 1. The van der Waals surface area contributed by atoms with Gasteiger partial charge in [-0.1, -0.05) is 34.5 Å². The predicted octanol–water partition coefficient (Wildman–Crippen LogP) is 4.23. The largest absolute Gasteiger partial charge is 0.383 e. The average Bonchev–Trinajstić information content (AvgIpc) is 2.70. The van der Waals surface area contributed by atoms with Crippen LogP contribution in [-0.2, 0) is 12.8 Å². The molecule has 3 nitrogen and oxygen atoms in total. The summed E-state index contributed by atoms with van der Waals surface area (Å²) in [6, 6.07) is 10.3. The van der Waals surface area contributed by atoms with Gasteiger partial charge >= 0.3 is 0 Å². The highest BCUT2D eigenvalue weighted by Gasteiger charge is 2.21. The molecule has 0 saturated carbocycles. The Morgan fingerprint density at radius 3 is 2.76 bits per heavy atom. The third-order valence-electron chi connectivity index (χ3n) is 3.98. The van der Waals surface area contributed by atoms with Crippen molar-refractivity contribution < 1.29 is 0 Å². The van der Waals surface area contributed by atoms with Crippen LogP contribution in [-0.4, -0.2) is 4.98 Å². The van der Waals surface area contributed by atoms with Crippen LogP contribution in [0.3, 0.4) is 0 Å². The van der Waals surface area contributed by atoms with Crippen molar-refractivity contribution in [1.29, 1.82) is 5.26 Å². The first kappa shape index (κ1) is 14.1. The van der Waals surface area contributed by atoms with E-state index in [1.165, 1.54) is 12.0 Å². The number of benzene rings is 1. The summed E-state index contributed by atoms with van der Waals surface area (Å²) in [5, 5.41) is 9.52. The monoisotopic (exact) mass is 341 g/mol. The zero-order chi connectivity index (χ0) is 14.8. The van der Waals surface area contributed by atoms with E-state index in [1.807, 2.05) is 24.3 Å². The predicted molar refractivity (Wildman–Crippen MR) is 87.8 cm³/mol. The van der Waals surface area contributed by atoms with Crippen LogP contribution in [0.25, 0.3) is 11.1 Å². The van der Waals surface area contributed by atoms with Crippen LogP contribution in [0.15, 0.2) is 28.7 Å². The molecule has 1 aliphatic rings. The molecule has 1 heterocycles. The van der Waals surface area contributed by atoms with Gasteiger partial charge in [-0.2, -0.15) is 5.26 Å². The Morgan fingerprint density at radius 2 is 2.00 bits per heavy atom. The van der Waals surface area contributed by atoms with Crippen molar-refractivity contribution in [2.45, 2.75) is 32.1 Å². The lowest BCUT2D eigenvalue weighted by molar-refractivity contribution is 0.709. The summed E-state index contributed by atoms with van der Waals surface area (Å²) < 4.78 is 1.00. The summed E-state index contributed by atoms with van der Waals surface area (Å²) in [5.41, 5.74) is 10.8. The standard InChI is InChI=1S/C17H16BrN3/c18-12-6-4-5-11(9-12)16-13-7-2-1-3-8-15(13)21-17(20)14(16)10-19/h4-6,9H,1-3,7-8H2,(H2,20,21). The summed E-state index contributed by atoms with van der Waals surface area (Å²) in [5.74, 6) is 0.355. The molecule has 2 aromatic rings. The Hall–Kier alpha value is -1.86. The quantitative estimate of drug-likeness (QED) is 0.789. The van der Waals surface area contributed by atoms with Gasteiger partial charge in [0.15, 0.2) is 0 Å². The molecule has 0 amide bonds. The van der Waals surface area contributed by atoms with Gasteiger partial charge in [0.05, 0.1) is 0 Å². The third-order valence-corrected chi connectivity index (χ3v) is 4.47. The van der Waals surface area contributed by atoms with Crippen LogP contribution in [0.1, 0.15) is 36.1 Å². The molecule has 4 heteroatoms. The summed E-state index contributed by atoms with van der Waals surface area (Å²) in [4.78, 5) is 4.50. The molecule has 0 bridgehead atoms. The van der Waals surface area contributed by atoms with E-state index in [4.69, 9.17) is 5.73 Å². The lowest BCUT2D eigenvalue weighted by Gasteiger charge is -2.16. The number of nitrogens with zero attached hydrogens (tertiary/aromatic N) is 2. The van der Waals surface area contributed by atoms with Gasteiger partial charge in [-0.3, -0.25) is 0 Å². The molecule has 0 radical (unpaired) electrons. The lowest BCUT2D eigenvalue weighted by Crippen LogP contribution is -2.06. The molecule has 21 heavy (non-hydrogen) atoms. The first-order chi connectivity index (χ1) is 10.2. The van der Waals surface area contributed by atoms with Crippen molar-refractivity contribution in [3.63, 3.8) is 0 Å². The number of nitrogen functional groups attached to an aromatic ring is 1. The molecule has 2 N–H and O–H groups in total. The van der Waals surface area contributed by atoms with Crippen molar-refractivity contribution in [2.24, 2.45) is 0 Å². The maximum Gasteiger partial charge on any atom is 0.142 e. The van der Waals surface area contributed by atoms with E-state index in [1.54, 1.807) is 0 Å². The topological polar surface area (TPSA) is 62.7 Å². The van der Waals surface area contributed by atoms with Crippen LogP contribution in [0.4, 0.5) is 5.82 Å². The number of hydrogen-bond donors (Lipinski definition) is 1.